The van der Waals surface area contributed by atoms with Gasteiger partial charge in [0.2, 0.25) is 5.91 Å². The Morgan fingerprint density at radius 2 is 2.05 bits per heavy atom. The number of hydrogen-bond acceptors (Lipinski definition) is 7. The minimum atomic E-state index is -0.142. The summed E-state index contributed by atoms with van der Waals surface area (Å²) in [6.07, 6.45) is 7.98. The molecule has 0 bridgehead atoms. The Balaban J connectivity index is 1.30. The Bertz CT molecular complexity index is 1280. The van der Waals surface area contributed by atoms with Gasteiger partial charge >= 0.3 is 0 Å². The van der Waals surface area contributed by atoms with Gasteiger partial charge in [0, 0.05) is 22.9 Å². The smallest absolute Gasteiger partial charge is 0.235 e. The number of hydrogen-bond donors (Lipinski definition) is 1. The van der Waals surface area contributed by atoms with Gasteiger partial charge in [0.1, 0.15) is 22.6 Å². The summed E-state index contributed by atoms with van der Waals surface area (Å²) in [6, 6.07) is 7.49. The molecule has 0 saturated carbocycles. The number of carbonyl (C=O) groups is 1. The SMILES string of the molecule is CCn1c(CCCOc2ccc(Cl)cc2Cl)nnc1SCC(=O)Nc1sc2c(c1C#N)CCCCCC2. The molecule has 11 heteroatoms. The lowest BCUT2D eigenvalue weighted by Gasteiger charge is -2.09. The lowest BCUT2D eigenvalue weighted by molar-refractivity contribution is -0.113. The van der Waals surface area contributed by atoms with Crippen LogP contribution in [0.4, 0.5) is 5.00 Å². The molecule has 1 aromatic carbocycles. The van der Waals surface area contributed by atoms with Crippen LogP contribution in [0.3, 0.4) is 0 Å². The lowest BCUT2D eigenvalue weighted by Crippen LogP contribution is -2.15. The van der Waals surface area contributed by atoms with Crippen molar-refractivity contribution in [1.82, 2.24) is 14.8 Å². The number of aryl methyl sites for hydroxylation is 2. The Kier molecular flexibility index (Phi) is 10.1. The maximum absolute atomic E-state index is 12.8. The van der Waals surface area contributed by atoms with Gasteiger partial charge in [-0.05, 0) is 62.8 Å². The van der Waals surface area contributed by atoms with Gasteiger partial charge in [-0.1, -0.05) is 47.8 Å². The Morgan fingerprint density at radius 1 is 1.24 bits per heavy atom. The molecule has 7 nitrogen and oxygen atoms in total. The molecule has 0 radical (unpaired) electrons. The summed E-state index contributed by atoms with van der Waals surface area (Å²) in [5.74, 6) is 1.50. The van der Waals surface area contributed by atoms with Gasteiger partial charge in [0.15, 0.2) is 5.16 Å². The maximum atomic E-state index is 12.8. The number of benzene rings is 1. The summed E-state index contributed by atoms with van der Waals surface area (Å²) in [5.41, 5.74) is 1.77. The maximum Gasteiger partial charge on any atom is 0.235 e. The van der Waals surface area contributed by atoms with E-state index in [9.17, 15) is 10.1 Å². The molecule has 1 N–H and O–H groups in total. The Hall–Kier alpha value is -2.25. The number of ether oxygens (including phenoxy) is 1. The highest BCUT2D eigenvalue weighted by Crippen LogP contribution is 2.36. The van der Waals surface area contributed by atoms with E-state index in [0.29, 0.717) is 51.1 Å². The van der Waals surface area contributed by atoms with Crippen LogP contribution in [-0.2, 0) is 30.6 Å². The fourth-order valence-electron chi connectivity index (χ4n) is 4.35. The molecule has 1 amide bonds. The first-order chi connectivity index (χ1) is 18.0. The molecule has 1 aliphatic carbocycles. The third-order valence-corrected chi connectivity index (χ3v) is 8.88. The number of aromatic nitrogens is 3. The van der Waals surface area contributed by atoms with Crippen molar-refractivity contribution in [2.45, 2.75) is 70.0 Å². The number of halogens is 2. The molecular formula is C26H29Cl2N5O2S2. The van der Waals surface area contributed by atoms with Gasteiger partial charge in [0.05, 0.1) is 22.9 Å². The van der Waals surface area contributed by atoms with Crippen molar-refractivity contribution in [3.63, 3.8) is 0 Å². The molecule has 37 heavy (non-hydrogen) atoms. The summed E-state index contributed by atoms with van der Waals surface area (Å²) in [5, 5.41) is 23.8. The van der Waals surface area contributed by atoms with Crippen LogP contribution >= 0.6 is 46.3 Å². The summed E-state index contributed by atoms with van der Waals surface area (Å²) < 4.78 is 7.78. The summed E-state index contributed by atoms with van der Waals surface area (Å²) >= 11 is 15.0. The van der Waals surface area contributed by atoms with E-state index in [1.807, 2.05) is 11.5 Å². The quantitative estimate of drug-likeness (QED) is 0.207. The van der Waals surface area contributed by atoms with E-state index in [0.717, 1.165) is 43.5 Å². The summed E-state index contributed by atoms with van der Waals surface area (Å²) in [4.78, 5) is 14.0. The monoisotopic (exact) mass is 577 g/mol. The summed E-state index contributed by atoms with van der Waals surface area (Å²) in [6.45, 7) is 3.21. The molecule has 2 heterocycles. The van der Waals surface area contributed by atoms with Crippen molar-refractivity contribution in [3.8, 4) is 11.8 Å². The van der Waals surface area contributed by atoms with Crippen LogP contribution in [0.15, 0.2) is 23.4 Å². The predicted molar refractivity (Wildman–Crippen MR) is 150 cm³/mol. The lowest BCUT2D eigenvalue weighted by atomic mass is 9.97. The first-order valence-electron chi connectivity index (χ1n) is 12.5. The fraction of sp³-hybridized carbons (Fsp3) is 0.462. The molecule has 0 atom stereocenters. The Morgan fingerprint density at radius 3 is 2.81 bits per heavy atom. The van der Waals surface area contributed by atoms with Crippen LogP contribution in [0, 0.1) is 11.3 Å². The van der Waals surface area contributed by atoms with E-state index in [1.54, 1.807) is 29.5 Å². The molecular weight excluding hydrogens is 549 g/mol. The van der Waals surface area contributed by atoms with E-state index in [4.69, 9.17) is 27.9 Å². The molecule has 0 spiro atoms. The number of thiophene rings is 1. The highest BCUT2D eigenvalue weighted by Gasteiger charge is 2.21. The average Bonchev–Trinajstić information content (AvgIpc) is 3.40. The van der Waals surface area contributed by atoms with Gasteiger partial charge < -0.3 is 14.6 Å². The molecule has 0 unspecified atom stereocenters. The number of nitrogens with one attached hydrogen (secondary N) is 1. The fourth-order valence-corrected chi connectivity index (χ4v) is 6.89. The second-order valence-electron chi connectivity index (χ2n) is 8.74. The van der Waals surface area contributed by atoms with Crippen LogP contribution in [0.2, 0.25) is 10.0 Å². The molecule has 4 rings (SSSR count). The van der Waals surface area contributed by atoms with E-state index in [2.05, 4.69) is 21.6 Å². The van der Waals surface area contributed by atoms with Gasteiger partial charge in [-0.25, -0.2) is 0 Å². The molecule has 0 aliphatic heterocycles. The van der Waals surface area contributed by atoms with E-state index in [1.165, 1.54) is 29.5 Å². The first kappa shape index (κ1) is 27.8. The number of fused-ring (bicyclic) bond motifs is 1. The topological polar surface area (TPSA) is 92.8 Å². The predicted octanol–water partition coefficient (Wildman–Crippen LogP) is 6.94. The van der Waals surface area contributed by atoms with Crippen LogP contribution in [-0.4, -0.2) is 33.0 Å². The number of anilines is 1. The second kappa shape index (κ2) is 13.5. The van der Waals surface area contributed by atoms with Crippen molar-refractivity contribution < 1.29 is 9.53 Å². The molecule has 0 saturated heterocycles. The Labute approximate surface area is 235 Å². The molecule has 2 aromatic heterocycles. The largest absolute Gasteiger partial charge is 0.492 e. The van der Waals surface area contributed by atoms with E-state index >= 15 is 0 Å². The van der Waals surface area contributed by atoms with Gasteiger partial charge in [-0.2, -0.15) is 5.26 Å². The zero-order valence-corrected chi connectivity index (χ0v) is 23.8. The van der Waals surface area contributed by atoms with Crippen molar-refractivity contribution in [2.24, 2.45) is 0 Å². The van der Waals surface area contributed by atoms with Crippen molar-refractivity contribution in [1.29, 1.82) is 5.26 Å². The number of carbonyl (C=O) groups excluding carboxylic acids is 1. The van der Waals surface area contributed by atoms with Crippen LogP contribution in [0.5, 0.6) is 5.75 Å². The van der Waals surface area contributed by atoms with Crippen LogP contribution in [0.1, 0.15) is 60.9 Å². The van der Waals surface area contributed by atoms with E-state index in [-0.39, 0.29) is 11.7 Å². The zero-order chi connectivity index (χ0) is 26.2. The van der Waals surface area contributed by atoms with Gasteiger partial charge in [-0.15, -0.1) is 21.5 Å². The van der Waals surface area contributed by atoms with Crippen LogP contribution < -0.4 is 10.1 Å². The van der Waals surface area contributed by atoms with E-state index < -0.39 is 0 Å². The summed E-state index contributed by atoms with van der Waals surface area (Å²) in [7, 11) is 0. The third-order valence-electron chi connectivity index (χ3n) is 6.17. The normalized spacial score (nSPS) is 13.4. The number of thioether (sulfide) groups is 1. The molecule has 1 aliphatic rings. The minimum absolute atomic E-state index is 0.142. The minimum Gasteiger partial charge on any atom is -0.492 e. The van der Waals surface area contributed by atoms with Crippen molar-refractivity contribution in [3.05, 3.63) is 50.1 Å². The molecule has 196 valence electrons. The zero-order valence-electron chi connectivity index (χ0n) is 20.7. The molecule has 3 aromatic rings. The number of nitrogens with zero attached hydrogens (tertiary/aromatic N) is 4. The van der Waals surface area contributed by atoms with Gasteiger partial charge in [0.25, 0.3) is 0 Å². The number of amides is 1. The van der Waals surface area contributed by atoms with Gasteiger partial charge in [-0.3, -0.25) is 4.79 Å². The second-order valence-corrected chi connectivity index (χ2v) is 11.6. The average molecular weight is 579 g/mol. The van der Waals surface area contributed by atoms with Crippen molar-refractivity contribution >= 4 is 57.2 Å². The number of rotatable bonds is 10. The highest BCUT2D eigenvalue weighted by atomic mass is 35.5. The van der Waals surface area contributed by atoms with Crippen molar-refractivity contribution in [2.75, 3.05) is 17.7 Å². The third kappa shape index (κ3) is 7.20. The standard InChI is InChI=1S/C26H29Cl2N5O2S2/c1-2-33-23(10-7-13-35-21-12-11-17(27)14-20(21)28)31-32-26(33)36-16-24(34)30-25-19(15-29)18-8-5-3-4-6-9-22(18)37-25/h11-12,14H,2-10,13,16H2,1H3,(H,30,34). The molecule has 0 fully saturated rings. The first-order valence-corrected chi connectivity index (χ1v) is 15.0. The highest BCUT2D eigenvalue weighted by molar-refractivity contribution is 7.99. The number of nitriles is 1. The van der Waals surface area contributed by atoms with Crippen LogP contribution in [0.25, 0.3) is 0 Å².